The maximum atomic E-state index is 11.8. The van der Waals surface area contributed by atoms with Crippen LogP contribution in [0.2, 0.25) is 0 Å². The van der Waals surface area contributed by atoms with E-state index in [1.165, 1.54) is 20.3 Å². The number of phenols is 1. The topological polar surface area (TPSA) is 67.8 Å². The van der Waals surface area contributed by atoms with Gasteiger partial charge in [-0.15, -0.1) is 0 Å². The summed E-state index contributed by atoms with van der Waals surface area (Å²) in [7, 11) is 2.98. The fraction of sp³-hybridized carbons (Fsp3) is 0.417. The number of amides is 1. The minimum absolute atomic E-state index is 0.0421. The van der Waals surface area contributed by atoms with E-state index in [4.69, 9.17) is 9.47 Å². The van der Waals surface area contributed by atoms with Crippen LogP contribution in [0.5, 0.6) is 5.75 Å². The molecule has 2 N–H and O–H groups in total. The summed E-state index contributed by atoms with van der Waals surface area (Å²) in [6, 6.07) is 4.85. The summed E-state index contributed by atoms with van der Waals surface area (Å²) in [6.07, 6.45) is -0.495. The van der Waals surface area contributed by atoms with Crippen molar-refractivity contribution >= 4 is 5.91 Å². The number of aryl methyl sites for hydroxylation is 1. The monoisotopic (exact) mass is 239 g/mol. The molecule has 0 aromatic heterocycles. The van der Waals surface area contributed by atoms with Crippen molar-refractivity contribution in [2.24, 2.45) is 0 Å². The van der Waals surface area contributed by atoms with Crippen molar-refractivity contribution in [3.63, 3.8) is 0 Å². The predicted octanol–water partition coefficient (Wildman–Crippen LogP) is 1.05. The molecule has 0 aliphatic rings. The molecule has 1 amide bonds. The lowest BCUT2D eigenvalue weighted by molar-refractivity contribution is -0.0974. The Bertz CT molecular complexity index is 388. The first kappa shape index (κ1) is 13.5. The van der Waals surface area contributed by atoms with Gasteiger partial charge in [0.25, 0.3) is 5.91 Å². The molecule has 0 saturated carbocycles. The second-order valence-electron chi connectivity index (χ2n) is 3.63. The molecule has 0 atom stereocenters. The Morgan fingerprint density at radius 3 is 2.65 bits per heavy atom. The molecular weight excluding hydrogens is 222 g/mol. The highest BCUT2D eigenvalue weighted by Crippen LogP contribution is 2.17. The summed E-state index contributed by atoms with van der Waals surface area (Å²) < 4.78 is 9.88. The van der Waals surface area contributed by atoms with Crippen LogP contribution in [0, 0.1) is 6.92 Å². The second kappa shape index (κ2) is 6.22. The summed E-state index contributed by atoms with van der Waals surface area (Å²) in [5.74, 6) is -0.398. The van der Waals surface area contributed by atoms with E-state index in [9.17, 15) is 9.90 Å². The van der Waals surface area contributed by atoms with E-state index in [0.29, 0.717) is 0 Å². The van der Waals surface area contributed by atoms with E-state index >= 15 is 0 Å². The number of ether oxygens (including phenoxy) is 2. The van der Waals surface area contributed by atoms with E-state index in [2.05, 4.69) is 5.32 Å². The molecule has 0 aliphatic heterocycles. The van der Waals surface area contributed by atoms with Gasteiger partial charge in [0.1, 0.15) is 5.75 Å². The van der Waals surface area contributed by atoms with Gasteiger partial charge in [-0.3, -0.25) is 4.79 Å². The molecule has 1 rings (SSSR count). The first-order chi connectivity index (χ1) is 8.08. The Morgan fingerprint density at radius 1 is 1.41 bits per heavy atom. The minimum atomic E-state index is -0.495. The molecule has 0 fully saturated rings. The van der Waals surface area contributed by atoms with Gasteiger partial charge in [0.05, 0.1) is 12.1 Å². The van der Waals surface area contributed by atoms with E-state index in [1.54, 1.807) is 12.1 Å². The number of hydrogen-bond donors (Lipinski definition) is 2. The first-order valence-electron chi connectivity index (χ1n) is 5.22. The maximum Gasteiger partial charge on any atom is 0.255 e. The number of methoxy groups -OCH3 is 2. The van der Waals surface area contributed by atoms with Gasteiger partial charge in [-0.1, -0.05) is 11.6 Å². The summed E-state index contributed by atoms with van der Waals surface area (Å²) in [5, 5.41) is 12.2. The van der Waals surface area contributed by atoms with Crippen LogP contribution < -0.4 is 5.32 Å². The van der Waals surface area contributed by atoms with Gasteiger partial charge in [-0.05, 0) is 19.1 Å². The third-order valence-corrected chi connectivity index (χ3v) is 2.35. The Kier molecular flexibility index (Phi) is 4.93. The molecule has 1 aromatic rings. The Balaban J connectivity index is 2.66. The van der Waals surface area contributed by atoms with E-state index < -0.39 is 6.29 Å². The molecule has 94 valence electrons. The van der Waals surface area contributed by atoms with Gasteiger partial charge in [-0.25, -0.2) is 0 Å². The zero-order valence-corrected chi connectivity index (χ0v) is 10.2. The average Bonchev–Trinajstić information content (AvgIpc) is 2.33. The summed E-state index contributed by atoms with van der Waals surface area (Å²) >= 11 is 0. The maximum absolute atomic E-state index is 11.8. The van der Waals surface area contributed by atoms with Crippen LogP contribution in [0.15, 0.2) is 18.2 Å². The highest BCUT2D eigenvalue weighted by molar-refractivity contribution is 5.96. The Hall–Kier alpha value is -1.59. The van der Waals surface area contributed by atoms with Crippen LogP contribution in [0.4, 0.5) is 0 Å². The van der Waals surface area contributed by atoms with Crippen molar-refractivity contribution in [2.45, 2.75) is 13.2 Å². The third-order valence-electron chi connectivity index (χ3n) is 2.35. The van der Waals surface area contributed by atoms with Crippen molar-refractivity contribution < 1.29 is 19.4 Å². The molecule has 17 heavy (non-hydrogen) atoms. The standard InChI is InChI=1S/C12H17NO4/c1-8-4-5-10(14)9(6-8)12(15)13-7-11(16-2)17-3/h4-6,11,14H,7H2,1-3H3,(H,13,15). The SMILES string of the molecule is COC(CNC(=O)c1cc(C)ccc1O)OC. The van der Waals surface area contributed by atoms with Crippen LogP contribution >= 0.6 is 0 Å². The number of carbonyl (C=O) groups excluding carboxylic acids is 1. The van der Waals surface area contributed by atoms with E-state index in [-0.39, 0.29) is 23.8 Å². The van der Waals surface area contributed by atoms with Crippen LogP contribution in [-0.4, -0.2) is 38.1 Å². The summed E-state index contributed by atoms with van der Waals surface area (Å²) in [4.78, 5) is 11.8. The predicted molar refractivity (Wildman–Crippen MR) is 63.0 cm³/mol. The molecule has 0 bridgehead atoms. The van der Waals surface area contributed by atoms with Gasteiger partial charge in [-0.2, -0.15) is 0 Å². The number of benzene rings is 1. The Morgan fingerprint density at radius 2 is 2.06 bits per heavy atom. The molecule has 0 spiro atoms. The molecule has 0 radical (unpaired) electrons. The number of aromatic hydroxyl groups is 1. The Labute approximate surface area is 100 Å². The fourth-order valence-corrected chi connectivity index (χ4v) is 1.37. The van der Waals surface area contributed by atoms with Crippen molar-refractivity contribution in [1.82, 2.24) is 5.32 Å². The van der Waals surface area contributed by atoms with Crippen LogP contribution in [0.25, 0.3) is 0 Å². The third kappa shape index (κ3) is 3.72. The van der Waals surface area contributed by atoms with Crippen molar-refractivity contribution in [1.29, 1.82) is 0 Å². The van der Waals surface area contributed by atoms with Gasteiger partial charge in [0.15, 0.2) is 6.29 Å². The second-order valence-corrected chi connectivity index (χ2v) is 3.63. The van der Waals surface area contributed by atoms with Gasteiger partial charge < -0.3 is 19.9 Å². The molecule has 5 nitrogen and oxygen atoms in total. The molecule has 1 aromatic carbocycles. The van der Waals surface area contributed by atoms with Crippen molar-refractivity contribution in [3.05, 3.63) is 29.3 Å². The lowest BCUT2D eigenvalue weighted by Gasteiger charge is -2.14. The van der Waals surface area contributed by atoms with Crippen molar-refractivity contribution in [2.75, 3.05) is 20.8 Å². The summed E-state index contributed by atoms with van der Waals surface area (Å²) in [5.41, 5.74) is 1.15. The number of carbonyl (C=O) groups is 1. The quantitative estimate of drug-likeness (QED) is 0.754. The molecule has 0 unspecified atom stereocenters. The van der Waals surface area contributed by atoms with Crippen molar-refractivity contribution in [3.8, 4) is 5.75 Å². The van der Waals surface area contributed by atoms with Gasteiger partial charge >= 0.3 is 0 Å². The molecule has 0 heterocycles. The smallest absolute Gasteiger partial charge is 0.255 e. The van der Waals surface area contributed by atoms with E-state index in [0.717, 1.165) is 5.56 Å². The largest absolute Gasteiger partial charge is 0.507 e. The zero-order chi connectivity index (χ0) is 12.8. The molecule has 0 saturated heterocycles. The first-order valence-corrected chi connectivity index (χ1v) is 5.22. The lowest BCUT2D eigenvalue weighted by Crippen LogP contribution is -2.34. The molecule has 0 aliphatic carbocycles. The highest BCUT2D eigenvalue weighted by Gasteiger charge is 2.13. The number of rotatable bonds is 5. The lowest BCUT2D eigenvalue weighted by atomic mass is 10.1. The zero-order valence-electron chi connectivity index (χ0n) is 10.2. The van der Waals surface area contributed by atoms with Crippen LogP contribution in [-0.2, 0) is 9.47 Å². The molecule has 5 heteroatoms. The van der Waals surface area contributed by atoms with Gasteiger partial charge in [0.2, 0.25) is 0 Å². The fourth-order valence-electron chi connectivity index (χ4n) is 1.37. The van der Waals surface area contributed by atoms with Gasteiger partial charge in [0, 0.05) is 14.2 Å². The number of phenolic OH excluding ortho intramolecular Hbond substituents is 1. The number of hydrogen-bond acceptors (Lipinski definition) is 4. The van der Waals surface area contributed by atoms with Crippen LogP contribution in [0.1, 0.15) is 15.9 Å². The van der Waals surface area contributed by atoms with Crippen LogP contribution in [0.3, 0.4) is 0 Å². The average molecular weight is 239 g/mol. The summed E-state index contributed by atoms with van der Waals surface area (Å²) in [6.45, 7) is 2.07. The highest BCUT2D eigenvalue weighted by atomic mass is 16.7. The minimum Gasteiger partial charge on any atom is -0.507 e. The molecular formula is C12H17NO4. The van der Waals surface area contributed by atoms with E-state index in [1.807, 2.05) is 6.92 Å². The number of nitrogens with one attached hydrogen (secondary N) is 1. The normalized spacial score (nSPS) is 10.6.